The molecule has 0 radical (unpaired) electrons. The molecule has 4 heterocycles. The summed E-state index contributed by atoms with van der Waals surface area (Å²) in [7, 11) is 0. The minimum atomic E-state index is -0.241. The van der Waals surface area contributed by atoms with E-state index < -0.39 is 0 Å². The van der Waals surface area contributed by atoms with E-state index in [9.17, 15) is 4.79 Å². The zero-order valence-corrected chi connectivity index (χ0v) is 16.5. The number of rotatable bonds is 4. The Morgan fingerprint density at radius 1 is 1.23 bits per heavy atom. The third kappa shape index (κ3) is 3.60. The molecule has 26 heavy (non-hydrogen) atoms. The minimum absolute atomic E-state index is 0.241. The fourth-order valence-corrected chi connectivity index (χ4v) is 4.91. The van der Waals surface area contributed by atoms with Gasteiger partial charge in [-0.1, -0.05) is 11.6 Å². The zero-order chi connectivity index (χ0) is 18.1. The number of nitrogens with zero attached hydrogens (tertiary/aromatic N) is 4. The van der Waals surface area contributed by atoms with Crippen molar-refractivity contribution in [2.24, 2.45) is 0 Å². The minimum Gasteiger partial charge on any atom is -0.340 e. The molecule has 2 N–H and O–H groups in total. The monoisotopic (exact) mass is 408 g/mol. The normalized spacial score (nSPS) is 14.6. The molecule has 7 nitrogen and oxygen atoms in total. The lowest BCUT2D eigenvalue weighted by molar-refractivity contribution is 0.102. The number of nitrogens with one attached hydrogen (secondary N) is 2. The maximum Gasteiger partial charge on any atom is 0.270 e. The van der Waals surface area contributed by atoms with Crippen molar-refractivity contribution in [2.75, 3.05) is 23.3 Å². The van der Waals surface area contributed by atoms with Gasteiger partial charge in [-0.3, -0.25) is 10.1 Å². The molecule has 3 aromatic heterocycles. The Balaban J connectivity index is 1.48. The molecule has 3 aromatic rings. The highest BCUT2D eigenvalue weighted by Crippen LogP contribution is 2.35. The van der Waals surface area contributed by atoms with E-state index in [4.69, 9.17) is 11.6 Å². The maximum absolute atomic E-state index is 12.6. The number of carbonyl (C=O) groups is 1. The number of aromatic amines is 1. The number of aryl methyl sites for hydroxylation is 1. The van der Waals surface area contributed by atoms with Gasteiger partial charge in [0.15, 0.2) is 0 Å². The summed E-state index contributed by atoms with van der Waals surface area (Å²) in [4.78, 5) is 25.1. The van der Waals surface area contributed by atoms with Gasteiger partial charge in [0.1, 0.15) is 9.88 Å². The molecule has 136 valence electrons. The van der Waals surface area contributed by atoms with Crippen LogP contribution in [0.15, 0.2) is 12.1 Å². The number of hydrogen-bond donors (Lipinski definition) is 2. The van der Waals surface area contributed by atoms with Crippen molar-refractivity contribution < 1.29 is 4.79 Å². The average molecular weight is 409 g/mol. The van der Waals surface area contributed by atoms with Crippen LogP contribution >= 0.6 is 34.3 Å². The molecular weight excluding hydrogens is 392 g/mol. The number of hydrogen-bond acceptors (Lipinski definition) is 7. The second-order valence-electron chi connectivity index (χ2n) is 6.02. The second kappa shape index (κ2) is 7.34. The van der Waals surface area contributed by atoms with E-state index in [0.29, 0.717) is 26.8 Å². The molecule has 1 aliphatic heterocycles. The standard InChI is InChI=1S/C16H17ClN6OS2/c1-9-12(26-14(18-9)10-5-6-11(17)25-10)13(24)19-15-20-16(22-21-15)23-7-3-2-4-8-23/h5-6H,2-4,7-8H2,1H3,(H2,19,20,21,22,24). The summed E-state index contributed by atoms with van der Waals surface area (Å²) in [5.74, 6) is 0.745. The van der Waals surface area contributed by atoms with E-state index in [1.165, 1.54) is 29.1 Å². The van der Waals surface area contributed by atoms with Crippen LogP contribution in [0, 0.1) is 6.92 Å². The molecule has 1 saturated heterocycles. The largest absolute Gasteiger partial charge is 0.340 e. The van der Waals surface area contributed by atoms with Gasteiger partial charge in [-0.05, 0) is 38.3 Å². The molecule has 0 saturated carbocycles. The number of H-pyrrole nitrogens is 1. The van der Waals surface area contributed by atoms with Gasteiger partial charge in [0.05, 0.1) is 14.9 Å². The van der Waals surface area contributed by atoms with Crippen LogP contribution in [-0.2, 0) is 0 Å². The van der Waals surface area contributed by atoms with Gasteiger partial charge in [0.2, 0.25) is 11.9 Å². The van der Waals surface area contributed by atoms with E-state index in [0.717, 1.165) is 35.8 Å². The Morgan fingerprint density at radius 2 is 2.04 bits per heavy atom. The summed E-state index contributed by atoms with van der Waals surface area (Å²) in [6, 6.07) is 3.74. The molecule has 0 atom stereocenters. The zero-order valence-electron chi connectivity index (χ0n) is 14.1. The van der Waals surface area contributed by atoms with Crippen molar-refractivity contribution in [1.82, 2.24) is 20.2 Å². The smallest absolute Gasteiger partial charge is 0.270 e. The summed E-state index contributed by atoms with van der Waals surface area (Å²) in [5, 5.41) is 10.6. The maximum atomic E-state index is 12.6. The molecule has 0 spiro atoms. The highest BCUT2D eigenvalue weighted by Gasteiger charge is 2.20. The Morgan fingerprint density at radius 3 is 2.77 bits per heavy atom. The van der Waals surface area contributed by atoms with Gasteiger partial charge in [0, 0.05) is 13.1 Å². The highest BCUT2D eigenvalue weighted by molar-refractivity contribution is 7.24. The molecule has 4 rings (SSSR count). The van der Waals surface area contributed by atoms with Crippen LogP contribution in [0.25, 0.3) is 9.88 Å². The summed E-state index contributed by atoms with van der Waals surface area (Å²) in [6.07, 6.45) is 3.53. The fourth-order valence-electron chi connectivity index (χ4n) is 2.85. The molecule has 0 aliphatic carbocycles. The molecule has 1 fully saturated rings. The molecule has 0 unspecified atom stereocenters. The SMILES string of the molecule is Cc1nc(-c2ccc(Cl)s2)sc1C(=O)Nc1nc(N2CCCCC2)n[nH]1. The first-order chi connectivity index (χ1) is 12.6. The van der Waals surface area contributed by atoms with Gasteiger partial charge in [-0.2, -0.15) is 4.98 Å². The van der Waals surface area contributed by atoms with Crippen molar-refractivity contribution in [3.63, 3.8) is 0 Å². The number of piperidine rings is 1. The van der Waals surface area contributed by atoms with E-state index in [1.54, 1.807) is 0 Å². The first-order valence-corrected chi connectivity index (χ1v) is 10.3. The third-order valence-electron chi connectivity index (χ3n) is 4.13. The number of halogens is 1. The Bertz CT molecular complexity index is 927. The Labute approximate surface area is 163 Å². The number of carbonyl (C=O) groups excluding carboxylic acids is 1. The Kier molecular flexibility index (Phi) is 4.92. The Hall–Kier alpha value is -1.97. The number of thiophene rings is 1. The van der Waals surface area contributed by atoms with Crippen LogP contribution in [0.5, 0.6) is 0 Å². The molecule has 0 bridgehead atoms. The predicted molar refractivity (Wildman–Crippen MR) is 106 cm³/mol. The molecule has 0 aromatic carbocycles. The highest BCUT2D eigenvalue weighted by atomic mass is 35.5. The molecular formula is C16H17ClN6OS2. The van der Waals surface area contributed by atoms with Crippen LogP contribution in [-0.4, -0.2) is 39.2 Å². The predicted octanol–water partition coefficient (Wildman–Crippen LogP) is 4.19. The van der Waals surface area contributed by atoms with E-state index in [-0.39, 0.29) is 5.91 Å². The van der Waals surface area contributed by atoms with Crippen molar-refractivity contribution in [3.05, 3.63) is 27.0 Å². The van der Waals surface area contributed by atoms with Crippen molar-refractivity contribution >= 4 is 52.1 Å². The van der Waals surface area contributed by atoms with Crippen molar-refractivity contribution in [1.29, 1.82) is 0 Å². The summed E-state index contributed by atoms with van der Waals surface area (Å²) in [6.45, 7) is 3.72. The van der Waals surface area contributed by atoms with Crippen LogP contribution in [0.3, 0.4) is 0 Å². The number of anilines is 2. The van der Waals surface area contributed by atoms with Crippen LogP contribution in [0.1, 0.15) is 34.6 Å². The van der Waals surface area contributed by atoms with E-state index in [2.05, 4.69) is 30.4 Å². The van der Waals surface area contributed by atoms with E-state index in [1.807, 2.05) is 19.1 Å². The van der Waals surface area contributed by atoms with Gasteiger partial charge in [-0.15, -0.1) is 27.8 Å². The van der Waals surface area contributed by atoms with Crippen molar-refractivity contribution in [2.45, 2.75) is 26.2 Å². The van der Waals surface area contributed by atoms with Crippen LogP contribution in [0.4, 0.5) is 11.9 Å². The lowest BCUT2D eigenvalue weighted by Gasteiger charge is -2.24. The first kappa shape index (κ1) is 17.4. The van der Waals surface area contributed by atoms with Gasteiger partial charge < -0.3 is 4.90 Å². The van der Waals surface area contributed by atoms with Crippen LogP contribution < -0.4 is 10.2 Å². The van der Waals surface area contributed by atoms with Crippen molar-refractivity contribution in [3.8, 4) is 9.88 Å². The lowest BCUT2D eigenvalue weighted by Crippen LogP contribution is -2.30. The second-order valence-corrected chi connectivity index (χ2v) is 8.74. The van der Waals surface area contributed by atoms with Crippen LogP contribution in [0.2, 0.25) is 4.34 Å². The molecule has 1 aliphatic rings. The first-order valence-electron chi connectivity index (χ1n) is 8.32. The average Bonchev–Trinajstić information content (AvgIpc) is 3.36. The molecule has 10 heteroatoms. The number of amides is 1. The van der Waals surface area contributed by atoms with Gasteiger partial charge in [0.25, 0.3) is 5.91 Å². The fraction of sp³-hybridized carbons (Fsp3) is 0.375. The summed E-state index contributed by atoms with van der Waals surface area (Å²) < 4.78 is 0.700. The number of aromatic nitrogens is 4. The quantitative estimate of drug-likeness (QED) is 0.675. The lowest BCUT2D eigenvalue weighted by atomic mass is 10.1. The van der Waals surface area contributed by atoms with Gasteiger partial charge in [-0.25, -0.2) is 10.1 Å². The summed E-state index contributed by atoms with van der Waals surface area (Å²) >= 11 is 8.78. The molecule has 1 amide bonds. The third-order valence-corrected chi connectivity index (χ3v) is 6.69. The number of thiazole rings is 1. The topological polar surface area (TPSA) is 86.8 Å². The van der Waals surface area contributed by atoms with Gasteiger partial charge >= 0.3 is 0 Å². The summed E-state index contributed by atoms with van der Waals surface area (Å²) in [5.41, 5.74) is 0.683. The van der Waals surface area contributed by atoms with E-state index >= 15 is 0 Å².